The lowest BCUT2D eigenvalue weighted by Gasteiger charge is -1.91. The molecule has 0 N–H and O–H groups in total. The van der Waals surface area contributed by atoms with Crippen molar-refractivity contribution in [3.63, 3.8) is 0 Å². The van der Waals surface area contributed by atoms with Gasteiger partial charge in [-0.05, 0) is 19.4 Å². The van der Waals surface area contributed by atoms with Crippen LogP contribution >= 0.6 is 0 Å². The molecule has 0 aliphatic carbocycles. The summed E-state index contributed by atoms with van der Waals surface area (Å²) in [6.45, 7) is 3.67. The molecule has 0 spiro atoms. The summed E-state index contributed by atoms with van der Waals surface area (Å²) in [6.07, 6.45) is 7.59. The van der Waals surface area contributed by atoms with Gasteiger partial charge in [-0.1, -0.05) is 19.1 Å². The molecule has 0 heterocycles. The SMILES string of the molecule is C/C=C(/[C]=O)CC(=O)C=CCC. The molecule has 0 aromatic heterocycles. The van der Waals surface area contributed by atoms with Crippen LogP contribution in [-0.2, 0) is 9.59 Å². The van der Waals surface area contributed by atoms with Gasteiger partial charge in [-0.2, -0.15) is 0 Å². The first kappa shape index (κ1) is 10.8. The number of ketones is 1. The molecule has 0 fully saturated rings. The number of rotatable bonds is 5. The third-order valence-corrected chi connectivity index (χ3v) is 1.38. The molecule has 1 radical (unpaired) electrons. The van der Waals surface area contributed by atoms with Crippen LogP contribution in [0.2, 0.25) is 0 Å². The van der Waals surface area contributed by atoms with Crippen molar-refractivity contribution in [1.29, 1.82) is 0 Å². The number of carbonyl (C=O) groups is 1. The van der Waals surface area contributed by atoms with Crippen LogP contribution in [0.25, 0.3) is 0 Å². The summed E-state index contributed by atoms with van der Waals surface area (Å²) in [4.78, 5) is 21.2. The minimum atomic E-state index is -0.0479. The van der Waals surface area contributed by atoms with Gasteiger partial charge in [-0.3, -0.25) is 9.59 Å². The molecule has 2 heteroatoms. The van der Waals surface area contributed by atoms with E-state index in [2.05, 4.69) is 0 Å². The number of hydrogen-bond donors (Lipinski definition) is 0. The van der Waals surface area contributed by atoms with Crippen molar-refractivity contribution in [2.45, 2.75) is 26.7 Å². The van der Waals surface area contributed by atoms with E-state index >= 15 is 0 Å². The van der Waals surface area contributed by atoms with Crippen molar-refractivity contribution in [3.05, 3.63) is 23.8 Å². The highest BCUT2D eigenvalue weighted by molar-refractivity contribution is 5.95. The fourth-order valence-corrected chi connectivity index (χ4v) is 0.693. The number of hydrogen-bond acceptors (Lipinski definition) is 2. The number of allylic oxidation sites excluding steroid dienone is 4. The lowest BCUT2D eigenvalue weighted by Crippen LogP contribution is -1.96. The summed E-state index contributed by atoms with van der Waals surface area (Å²) in [7, 11) is 0. The van der Waals surface area contributed by atoms with Crippen LogP contribution in [-0.4, -0.2) is 12.1 Å². The summed E-state index contributed by atoms with van der Waals surface area (Å²) in [6, 6.07) is 0. The molecule has 0 unspecified atom stereocenters. The Balaban J connectivity index is 4.00. The van der Waals surface area contributed by atoms with Crippen LogP contribution in [0, 0.1) is 0 Å². The van der Waals surface area contributed by atoms with Crippen LogP contribution in [0.1, 0.15) is 26.7 Å². The van der Waals surface area contributed by atoms with E-state index in [9.17, 15) is 9.59 Å². The van der Waals surface area contributed by atoms with Crippen LogP contribution in [0.3, 0.4) is 0 Å². The topological polar surface area (TPSA) is 34.1 Å². The standard InChI is InChI=1S/C10H13O2/c1-3-5-6-10(12)7-9(4-2)8-11/h4-6H,3,7H2,1-2H3/b6-5?,9-4+. The van der Waals surface area contributed by atoms with Crippen LogP contribution in [0.15, 0.2) is 23.8 Å². The van der Waals surface area contributed by atoms with Crippen molar-refractivity contribution in [1.82, 2.24) is 0 Å². The summed E-state index contributed by atoms with van der Waals surface area (Å²) in [5, 5.41) is 0. The van der Waals surface area contributed by atoms with Gasteiger partial charge in [0.15, 0.2) is 5.78 Å². The Bertz CT molecular complexity index is 212. The average Bonchev–Trinajstić information content (AvgIpc) is 2.10. The molecule has 12 heavy (non-hydrogen) atoms. The van der Waals surface area contributed by atoms with Gasteiger partial charge in [0.1, 0.15) is 0 Å². The van der Waals surface area contributed by atoms with E-state index in [0.717, 1.165) is 6.42 Å². The second kappa shape index (κ2) is 6.53. The lowest BCUT2D eigenvalue weighted by molar-refractivity contribution is -0.113. The highest BCUT2D eigenvalue weighted by Crippen LogP contribution is 1.99. The minimum absolute atomic E-state index is 0.0479. The largest absolute Gasteiger partial charge is 0.294 e. The van der Waals surface area contributed by atoms with Gasteiger partial charge in [0.2, 0.25) is 6.29 Å². The molecule has 0 aromatic rings. The zero-order valence-corrected chi connectivity index (χ0v) is 7.46. The van der Waals surface area contributed by atoms with E-state index in [4.69, 9.17) is 0 Å². The fourth-order valence-electron chi connectivity index (χ4n) is 0.693. The Kier molecular flexibility index (Phi) is 5.88. The quantitative estimate of drug-likeness (QED) is 0.583. The molecular formula is C10H13O2. The normalized spacial score (nSPS) is 12.0. The van der Waals surface area contributed by atoms with Crippen molar-refractivity contribution < 1.29 is 9.59 Å². The Morgan fingerprint density at radius 1 is 1.50 bits per heavy atom. The van der Waals surface area contributed by atoms with Gasteiger partial charge >= 0.3 is 0 Å². The van der Waals surface area contributed by atoms with E-state index in [1.165, 1.54) is 6.08 Å². The smallest absolute Gasteiger partial charge is 0.229 e. The first-order valence-electron chi connectivity index (χ1n) is 3.97. The van der Waals surface area contributed by atoms with Gasteiger partial charge in [-0.15, -0.1) is 0 Å². The first-order chi connectivity index (χ1) is 5.74. The molecule has 0 amide bonds. The maximum absolute atomic E-state index is 11.0. The van der Waals surface area contributed by atoms with Crippen molar-refractivity contribution in [2.24, 2.45) is 0 Å². The fraction of sp³-hybridized carbons (Fsp3) is 0.400. The third kappa shape index (κ3) is 4.61. The predicted molar refractivity (Wildman–Crippen MR) is 48.5 cm³/mol. The van der Waals surface area contributed by atoms with Crippen LogP contribution in [0.4, 0.5) is 0 Å². The van der Waals surface area contributed by atoms with Gasteiger partial charge in [0.05, 0.1) is 0 Å². The van der Waals surface area contributed by atoms with Crippen LogP contribution < -0.4 is 0 Å². The van der Waals surface area contributed by atoms with E-state index < -0.39 is 0 Å². The summed E-state index contributed by atoms with van der Waals surface area (Å²) in [5.41, 5.74) is 0.417. The maximum Gasteiger partial charge on any atom is 0.229 e. The Morgan fingerprint density at radius 2 is 2.17 bits per heavy atom. The van der Waals surface area contributed by atoms with Crippen molar-refractivity contribution in [3.8, 4) is 0 Å². The summed E-state index contributed by atoms with van der Waals surface area (Å²) < 4.78 is 0. The third-order valence-electron chi connectivity index (χ3n) is 1.38. The maximum atomic E-state index is 11.0. The first-order valence-corrected chi connectivity index (χ1v) is 3.97. The van der Waals surface area contributed by atoms with Gasteiger partial charge in [0.25, 0.3) is 0 Å². The lowest BCUT2D eigenvalue weighted by atomic mass is 10.1. The Labute approximate surface area is 73.0 Å². The molecule has 0 atom stereocenters. The van der Waals surface area contributed by atoms with Crippen LogP contribution in [0.5, 0.6) is 0 Å². The van der Waals surface area contributed by atoms with Crippen molar-refractivity contribution >= 4 is 12.1 Å². The van der Waals surface area contributed by atoms with Gasteiger partial charge < -0.3 is 0 Å². The zero-order valence-electron chi connectivity index (χ0n) is 7.46. The Hall–Kier alpha value is -1.18. The van der Waals surface area contributed by atoms with Crippen molar-refractivity contribution in [2.75, 3.05) is 0 Å². The van der Waals surface area contributed by atoms with E-state index in [0.29, 0.717) is 5.57 Å². The highest BCUT2D eigenvalue weighted by Gasteiger charge is 2.00. The second-order valence-corrected chi connectivity index (χ2v) is 2.37. The molecule has 0 aliphatic heterocycles. The van der Waals surface area contributed by atoms with E-state index in [1.807, 2.05) is 6.92 Å². The zero-order chi connectivity index (χ0) is 9.40. The summed E-state index contributed by atoms with van der Waals surface area (Å²) >= 11 is 0. The van der Waals surface area contributed by atoms with E-state index in [-0.39, 0.29) is 12.2 Å². The molecule has 0 bridgehead atoms. The molecule has 0 saturated carbocycles. The summed E-state index contributed by atoms with van der Waals surface area (Å²) in [5.74, 6) is -0.0479. The second-order valence-electron chi connectivity index (χ2n) is 2.37. The number of carbonyl (C=O) groups excluding carboxylic acids is 2. The predicted octanol–water partition coefficient (Wildman–Crippen LogP) is 1.97. The molecule has 0 aromatic carbocycles. The minimum Gasteiger partial charge on any atom is -0.294 e. The molecular weight excluding hydrogens is 152 g/mol. The van der Waals surface area contributed by atoms with Gasteiger partial charge in [0, 0.05) is 12.0 Å². The van der Waals surface area contributed by atoms with E-state index in [1.54, 1.807) is 25.4 Å². The average molecular weight is 165 g/mol. The Morgan fingerprint density at radius 3 is 2.58 bits per heavy atom. The monoisotopic (exact) mass is 165 g/mol. The molecule has 0 saturated heterocycles. The molecule has 65 valence electrons. The van der Waals surface area contributed by atoms with Gasteiger partial charge in [-0.25, -0.2) is 0 Å². The highest BCUT2D eigenvalue weighted by atomic mass is 16.1. The molecule has 2 nitrogen and oxygen atoms in total. The molecule has 0 aliphatic rings. The molecule has 0 rings (SSSR count).